The van der Waals surface area contributed by atoms with Crippen molar-refractivity contribution in [2.75, 3.05) is 7.11 Å². The fourth-order valence-electron chi connectivity index (χ4n) is 1.12. The molecule has 1 unspecified atom stereocenters. The third-order valence-electron chi connectivity index (χ3n) is 1.91. The number of carbonyl (C=O) groups excluding carboxylic acids is 1. The Kier molecular flexibility index (Phi) is 5.94. The van der Waals surface area contributed by atoms with Crippen LogP contribution < -0.4 is 0 Å². The Balaban J connectivity index is 4.00. The van der Waals surface area contributed by atoms with Crippen molar-refractivity contribution in [3.63, 3.8) is 0 Å². The molecule has 0 rings (SSSR count). The Morgan fingerprint density at radius 2 is 2.23 bits per heavy atom. The van der Waals surface area contributed by atoms with Crippen LogP contribution in [-0.2, 0) is 9.53 Å². The van der Waals surface area contributed by atoms with Crippen LogP contribution >= 0.6 is 0 Å². The van der Waals surface area contributed by atoms with E-state index in [1.54, 1.807) is 6.08 Å². The Morgan fingerprint density at radius 1 is 1.62 bits per heavy atom. The van der Waals surface area contributed by atoms with E-state index in [1.807, 2.05) is 6.92 Å². The molecule has 2 heteroatoms. The highest BCUT2D eigenvalue weighted by Crippen LogP contribution is 2.16. The van der Waals surface area contributed by atoms with Crippen LogP contribution in [0.15, 0.2) is 24.8 Å². The summed E-state index contributed by atoms with van der Waals surface area (Å²) in [5.74, 6) is -0.208. The van der Waals surface area contributed by atoms with Gasteiger partial charge in [-0.1, -0.05) is 11.6 Å². The second kappa shape index (κ2) is 6.46. The van der Waals surface area contributed by atoms with E-state index >= 15 is 0 Å². The van der Waals surface area contributed by atoms with Crippen molar-refractivity contribution in [2.45, 2.75) is 26.2 Å². The van der Waals surface area contributed by atoms with Gasteiger partial charge in [-0.25, -0.2) is 0 Å². The molecule has 2 nitrogen and oxygen atoms in total. The summed E-state index contributed by atoms with van der Waals surface area (Å²) in [4.78, 5) is 11.2. The second-order valence-corrected chi connectivity index (χ2v) is 3.24. The summed E-state index contributed by atoms with van der Waals surface area (Å²) in [5.41, 5.74) is 1.10. The molecule has 1 atom stereocenters. The molecule has 0 saturated carbocycles. The lowest BCUT2D eigenvalue weighted by atomic mass is 9.97. The minimum absolute atomic E-state index is 0.0563. The van der Waals surface area contributed by atoms with Crippen LogP contribution in [-0.4, -0.2) is 13.1 Å². The van der Waals surface area contributed by atoms with Crippen LogP contribution in [0.2, 0.25) is 0 Å². The molecule has 74 valence electrons. The minimum atomic E-state index is -0.152. The third-order valence-corrected chi connectivity index (χ3v) is 1.91. The zero-order chi connectivity index (χ0) is 10.3. The summed E-state index contributed by atoms with van der Waals surface area (Å²) in [7, 11) is 1.42. The topological polar surface area (TPSA) is 26.3 Å². The summed E-state index contributed by atoms with van der Waals surface area (Å²) in [6.07, 6.45) is 4.10. The van der Waals surface area contributed by atoms with E-state index in [-0.39, 0.29) is 11.9 Å². The lowest BCUT2D eigenvalue weighted by molar-refractivity contribution is -0.145. The smallest absolute Gasteiger partial charge is 0.308 e. The van der Waals surface area contributed by atoms with Gasteiger partial charge in [-0.2, -0.15) is 0 Å². The first kappa shape index (κ1) is 11.9. The molecule has 0 aliphatic heterocycles. The van der Waals surface area contributed by atoms with Crippen LogP contribution in [0.5, 0.6) is 0 Å². The molecule has 0 saturated heterocycles. The average molecular weight is 182 g/mol. The van der Waals surface area contributed by atoms with Crippen LogP contribution in [0.1, 0.15) is 26.2 Å². The molecule has 0 aromatic heterocycles. The van der Waals surface area contributed by atoms with Gasteiger partial charge < -0.3 is 4.74 Å². The van der Waals surface area contributed by atoms with Crippen molar-refractivity contribution < 1.29 is 9.53 Å². The second-order valence-electron chi connectivity index (χ2n) is 3.24. The van der Waals surface area contributed by atoms with Crippen molar-refractivity contribution in [1.82, 2.24) is 0 Å². The Morgan fingerprint density at radius 3 is 2.62 bits per heavy atom. The van der Waals surface area contributed by atoms with Gasteiger partial charge in [0.25, 0.3) is 0 Å². The fraction of sp³-hybridized carbons (Fsp3) is 0.545. The summed E-state index contributed by atoms with van der Waals surface area (Å²) >= 11 is 0. The van der Waals surface area contributed by atoms with Gasteiger partial charge >= 0.3 is 5.97 Å². The van der Waals surface area contributed by atoms with E-state index in [0.717, 1.165) is 18.4 Å². The first-order valence-electron chi connectivity index (χ1n) is 4.45. The lowest BCUT2D eigenvalue weighted by Crippen LogP contribution is -2.15. The molecule has 0 aromatic rings. The highest BCUT2D eigenvalue weighted by Gasteiger charge is 2.16. The maximum Gasteiger partial charge on any atom is 0.308 e. The fourth-order valence-corrected chi connectivity index (χ4v) is 1.12. The molecule has 0 spiro atoms. The normalized spacial score (nSPS) is 11.8. The monoisotopic (exact) mass is 182 g/mol. The van der Waals surface area contributed by atoms with Crippen molar-refractivity contribution in [1.29, 1.82) is 0 Å². The summed E-state index contributed by atoms with van der Waals surface area (Å²) in [6.45, 7) is 9.37. The van der Waals surface area contributed by atoms with Gasteiger partial charge in [-0.15, -0.1) is 13.2 Å². The Hall–Kier alpha value is -1.05. The van der Waals surface area contributed by atoms with Gasteiger partial charge in [0, 0.05) is 0 Å². The van der Waals surface area contributed by atoms with Gasteiger partial charge in [-0.05, 0) is 26.2 Å². The zero-order valence-electron chi connectivity index (χ0n) is 8.51. The van der Waals surface area contributed by atoms with Gasteiger partial charge in [0.05, 0.1) is 13.0 Å². The zero-order valence-corrected chi connectivity index (χ0v) is 8.51. The summed E-state index contributed by atoms with van der Waals surface area (Å²) < 4.78 is 4.68. The number of esters is 1. The highest BCUT2D eigenvalue weighted by molar-refractivity contribution is 5.72. The van der Waals surface area contributed by atoms with Gasteiger partial charge in [0.15, 0.2) is 0 Å². The number of allylic oxidation sites excluding steroid dienone is 2. The van der Waals surface area contributed by atoms with E-state index < -0.39 is 0 Å². The largest absolute Gasteiger partial charge is 0.469 e. The molecule has 0 fully saturated rings. The molecule has 0 amide bonds. The molecule has 0 bridgehead atoms. The molecule has 0 radical (unpaired) electrons. The van der Waals surface area contributed by atoms with Crippen LogP contribution in [0, 0.1) is 5.92 Å². The number of hydrogen-bond donors (Lipinski definition) is 0. The molecular formula is C11H18O2. The van der Waals surface area contributed by atoms with Gasteiger partial charge in [0.1, 0.15) is 0 Å². The number of carbonyl (C=O) groups is 1. The SMILES string of the molecule is C=CCC(CCC(=C)C)C(=O)OC. The molecule has 0 heterocycles. The lowest BCUT2D eigenvalue weighted by Gasteiger charge is -2.11. The van der Waals surface area contributed by atoms with Gasteiger partial charge in [0.2, 0.25) is 0 Å². The van der Waals surface area contributed by atoms with E-state index in [2.05, 4.69) is 17.9 Å². The number of hydrogen-bond acceptors (Lipinski definition) is 2. The molecule has 0 aliphatic rings. The van der Waals surface area contributed by atoms with Crippen LogP contribution in [0.4, 0.5) is 0 Å². The van der Waals surface area contributed by atoms with Gasteiger partial charge in [-0.3, -0.25) is 4.79 Å². The predicted octanol–water partition coefficient (Wildman–Crippen LogP) is 2.71. The Bertz CT molecular complexity index is 194. The van der Waals surface area contributed by atoms with Crippen molar-refractivity contribution in [3.05, 3.63) is 24.8 Å². The number of rotatable bonds is 6. The third kappa shape index (κ3) is 5.23. The highest BCUT2D eigenvalue weighted by atomic mass is 16.5. The number of ether oxygens (including phenoxy) is 1. The molecule has 0 aromatic carbocycles. The maximum atomic E-state index is 11.2. The minimum Gasteiger partial charge on any atom is -0.469 e. The standard InChI is InChI=1S/C11H18O2/c1-5-6-10(11(12)13-4)8-7-9(2)3/h5,10H,1-2,6-8H2,3-4H3. The average Bonchev–Trinajstić information content (AvgIpc) is 2.10. The van der Waals surface area contributed by atoms with E-state index in [1.165, 1.54) is 7.11 Å². The van der Waals surface area contributed by atoms with Crippen molar-refractivity contribution in [2.24, 2.45) is 5.92 Å². The first-order chi connectivity index (χ1) is 6.11. The van der Waals surface area contributed by atoms with Crippen molar-refractivity contribution >= 4 is 5.97 Å². The quantitative estimate of drug-likeness (QED) is 0.466. The summed E-state index contributed by atoms with van der Waals surface area (Å²) in [6, 6.07) is 0. The molecule has 13 heavy (non-hydrogen) atoms. The van der Waals surface area contributed by atoms with E-state index in [9.17, 15) is 4.79 Å². The number of methoxy groups -OCH3 is 1. The summed E-state index contributed by atoms with van der Waals surface area (Å²) in [5, 5.41) is 0. The molecule has 0 N–H and O–H groups in total. The molecular weight excluding hydrogens is 164 g/mol. The maximum absolute atomic E-state index is 11.2. The van der Waals surface area contributed by atoms with Crippen molar-refractivity contribution in [3.8, 4) is 0 Å². The van der Waals surface area contributed by atoms with E-state index in [4.69, 9.17) is 0 Å². The van der Waals surface area contributed by atoms with Crippen LogP contribution in [0.3, 0.4) is 0 Å². The van der Waals surface area contributed by atoms with E-state index in [0.29, 0.717) is 6.42 Å². The first-order valence-corrected chi connectivity index (χ1v) is 4.45. The Labute approximate surface area is 80.3 Å². The predicted molar refractivity (Wildman–Crippen MR) is 54.4 cm³/mol. The molecule has 0 aliphatic carbocycles. The van der Waals surface area contributed by atoms with Crippen LogP contribution in [0.25, 0.3) is 0 Å².